The molecule has 0 aromatic rings. The predicted octanol–water partition coefficient (Wildman–Crippen LogP) is 1.46. The minimum absolute atomic E-state index is 0. The largest absolute Gasteiger partial charge is 2.00 e. The molecule has 0 aromatic heterocycles. The van der Waals surface area contributed by atoms with Crippen molar-refractivity contribution in [3.8, 4) is 0 Å². The fraction of sp³-hybridized carbons (Fsp3) is 0.667. The van der Waals surface area contributed by atoms with Crippen LogP contribution in [-0.4, -0.2) is 44.9 Å². The van der Waals surface area contributed by atoms with Gasteiger partial charge in [-0.15, -0.1) is 0 Å². The molecule has 8 N–H and O–H groups in total. The molecule has 0 saturated heterocycles. The Balaban J connectivity index is -0.0000000652. The summed E-state index contributed by atoms with van der Waals surface area (Å²) in [4.78, 5) is 29.8. The van der Waals surface area contributed by atoms with E-state index in [0.717, 1.165) is 0 Å². The number of aliphatic carboxylic acids is 3. The van der Waals surface area contributed by atoms with E-state index in [2.05, 4.69) is 0 Å². The first kappa shape index (κ1) is 30.8. The first-order valence-corrected chi connectivity index (χ1v) is 4.16. The summed E-state index contributed by atoms with van der Waals surface area (Å²) in [6, 6.07) is 0. The smallest absolute Gasteiger partial charge is 0.693 e. The van der Waals surface area contributed by atoms with Crippen LogP contribution in [0.25, 0.3) is 12.3 Å². The molecule has 0 unspecified atom stereocenters. The molecule has 1 saturated carbocycles. The van der Waals surface area contributed by atoms with E-state index in [9.17, 15) is 9.59 Å². The molecule has 0 amide bonds. The second-order valence-corrected chi connectivity index (χ2v) is 3.10. The molecule has 10 heteroatoms. The van der Waals surface area contributed by atoms with Crippen LogP contribution in [0.15, 0.2) is 0 Å². The second-order valence-electron chi connectivity index (χ2n) is 3.10. The molecular weight excluding hydrogens is 443 g/mol. The summed E-state index contributed by atoms with van der Waals surface area (Å²) in [5, 5.41) is 32.0. The number of hydrogen-bond donors (Lipinski definition) is 4. The molecule has 9 nitrogen and oxygen atoms in total. The van der Waals surface area contributed by atoms with Crippen LogP contribution >= 0.6 is 0 Å². The number of nitrogens with two attached hydrogens (primary N) is 2. The van der Waals surface area contributed by atoms with Crippen molar-refractivity contribution in [2.75, 3.05) is 6.61 Å². The Kier molecular flexibility index (Phi) is 21.7. The Morgan fingerprint density at radius 2 is 1.21 bits per heavy atom. The van der Waals surface area contributed by atoms with Gasteiger partial charge in [0, 0.05) is 0 Å². The molecule has 0 bridgehead atoms. The van der Waals surface area contributed by atoms with Crippen LogP contribution in [0, 0.1) is 5.41 Å². The average molecular weight is 463 g/mol. The number of aliphatic hydroxyl groups excluding tert-OH is 1. The van der Waals surface area contributed by atoms with E-state index in [1.807, 2.05) is 0 Å². The van der Waals surface area contributed by atoms with E-state index in [1.54, 1.807) is 0 Å². The third kappa shape index (κ3) is 8.66. The quantitative estimate of drug-likeness (QED) is 0.454. The molecule has 1 rings (SSSR count). The summed E-state index contributed by atoms with van der Waals surface area (Å²) < 4.78 is 0. The maximum atomic E-state index is 10.4. The maximum Gasteiger partial charge on any atom is 2.00 e. The van der Waals surface area contributed by atoms with Gasteiger partial charge < -0.3 is 32.7 Å². The number of carboxylic acid groups (broad SMARTS) is 3. The van der Waals surface area contributed by atoms with Gasteiger partial charge in [-0.2, -0.15) is 0 Å². The van der Waals surface area contributed by atoms with Crippen LogP contribution in [0.3, 0.4) is 0 Å². The van der Waals surface area contributed by atoms with Crippen LogP contribution < -0.4 is 0 Å². The first-order valence-electron chi connectivity index (χ1n) is 4.16. The average Bonchev–Trinajstić information content (AvgIpc) is 2.01. The summed E-state index contributed by atoms with van der Waals surface area (Å²) >= 11 is 0. The fourth-order valence-electron chi connectivity index (χ4n) is 1.05. The van der Waals surface area contributed by atoms with Crippen molar-refractivity contribution in [2.24, 2.45) is 5.41 Å². The molecule has 1 aliphatic rings. The Bertz CT molecular complexity index is 266. The summed E-state index contributed by atoms with van der Waals surface area (Å²) in [5.74, 6) is -3.59. The second kappa shape index (κ2) is 13.4. The first-order chi connectivity index (χ1) is 6.86. The van der Waals surface area contributed by atoms with E-state index >= 15 is 0 Å². The normalized spacial score (nSPS) is 13.1. The van der Waals surface area contributed by atoms with Crippen molar-refractivity contribution in [2.45, 2.75) is 26.7 Å². The van der Waals surface area contributed by atoms with Crippen molar-refractivity contribution < 1.29 is 55.9 Å². The molecule has 1 fully saturated rings. The van der Waals surface area contributed by atoms with Gasteiger partial charge >= 0.3 is 39.0 Å². The van der Waals surface area contributed by atoms with E-state index in [0.29, 0.717) is 6.42 Å². The molecule has 1 aliphatic carbocycles. The molecular formula is C9H20N2O7Pt. The number of rotatable bonds is 3. The molecule has 0 aliphatic heterocycles. The standard InChI is InChI=1S/C6H8O4.C2H4O3.CH4.2H2N.Pt/c7-4(8)6(5(9)10)2-1-3-6;3-1-2(4)5;;;;/h1-3H2,(H,7,8)(H,9,10);3H,1H2,(H,4,5);1H4;2*1H2;/q;;;2*-1;+2. The van der Waals surface area contributed by atoms with Crippen molar-refractivity contribution in [1.82, 2.24) is 0 Å². The van der Waals surface area contributed by atoms with E-state index < -0.39 is 29.9 Å². The van der Waals surface area contributed by atoms with Gasteiger partial charge in [-0.1, -0.05) is 7.43 Å². The van der Waals surface area contributed by atoms with Gasteiger partial charge in [0.05, 0.1) is 0 Å². The summed E-state index contributed by atoms with van der Waals surface area (Å²) in [5.41, 5.74) is -1.44. The Morgan fingerprint density at radius 1 is 0.947 bits per heavy atom. The van der Waals surface area contributed by atoms with Crippen molar-refractivity contribution in [1.29, 1.82) is 0 Å². The topological polar surface area (TPSA) is 199 Å². The zero-order valence-electron chi connectivity index (χ0n) is 9.31. The van der Waals surface area contributed by atoms with Crippen molar-refractivity contribution >= 4 is 17.9 Å². The van der Waals surface area contributed by atoms with E-state index in [1.165, 1.54) is 0 Å². The van der Waals surface area contributed by atoms with Gasteiger partial charge in [-0.05, 0) is 19.3 Å². The van der Waals surface area contributed by atoms with Crippen LogP contribution in [0.2, 0.25) is 0 Å². The number of carboxylic acids is 3. The molecule has 118 valence electrons. The van der Waals surface area contributed by atoms with Gasteiger partial charge in [0.15, 0.2) is 5.41 Å². The SMILES string of the molecule is C.O=C(O)C1(C(=O)O)CCC1.O=C(O)CO.[NH2-].[NH2-].[Pt+2]. The Morgan fingerprint density at radius 3 is 1.21 bits per heavy atom. The fourth-order valence-corrected chi connectivity index (χ4v) is 1.05. The summed E-state index contributed by atoms with van der Waals surface area (Å²) in [6.45, 7) is -0.778. The zero-order chi connectivity index (χ0) is 12.1. The third-order valence-corrected chi connectivity index (χ3v) is 2.16. The minimum atomic E-state index is -1.44. The number of carbonyl (C=O) groups is 3. The van der Waals surface area contributed by atoms with Crippen LogP contribution in [-0.2, 0) is 35.4 Å². The molecule has 0 spiro atoms. The zero-order valence-corrected chi connectivity index (χ0v) is 11.6. The van der Waals surface area contributed by atoms with Gasteiger partial charge in [0.1, 0.15) is 6.61 Å². The van der Waals surface area contributed by atoms with Crippen LogP contribution in [0.5, 0.6) is 0 Å². The van der Waals surface area contributed by atoms with Gasteiger partial charge in [0.25, 0.3) is 0 Å². The van der Waals surface area contributed by atoms with Crippen LogP contribution in [0.1, 0.15) is 26.7 Å². The Labute approximate surface area is 125 Å². The van der Waals surface area contributed by atoms with Crippen LogP contribution in [0.4, 0.5) is 0 Å². The number of hydrogen-bond acceptors (Lipinski definition) is 4. The van der Waals surface area contributed by atoms with Gasteiger partial charge in [0.2, 0.25) is 0 Å². The van der Waals surface area contributed by atoms with Gasteiger partial charge in [-0.25, -0.2) is 4.79 Å². The summed E-state index contributed by atoms with van der Waals surface area (Å²) in [7, 11) is 0. The van der Waals surface area contributed by atoms with E-state index in [4.69, 9.17) is 25.2 Å². The van der Waals surface area contributed by atoms with Crippen molar-refractivity contribution in [3.63, 3.8) is 0 Å². The molecule has 0 aromatic carbocycles. The minimum Gasteiger partial charge on any atom is -0.693 e. The maximum absolute atomic E-state index is 10.4. The van der Waals surface area contributed by atoms with Crippen molar-refractivity contribution in [3.05, 3.63) is 12.3 Å². The summed E-state index contributed by atoms with van der Waals surface area (Å²) in [6.07, 6.45) is 1.26. The monoisotopic (exact) mass is 463 g/mol. The third-order valence-electron chi connectivity index (χ3n) is 2.16. The number of aliphatic hydroxyl groups is 1. The molecule has 19 heavy (non-hydrogen) atoms. The van der Waals surface area contributed by atoms with Gasteiger partial charge in [-0.3, -0.25) is 9.59 Å². The molecule has 0 radical (unpaired) electrons. The molecule has 0 heterocycles. The Hall–Kier alpha value is -1.02. The predicted molar refractivity (Wildman–Crippen MR) is 63.6 cm³/mol. The van der Waals surface area contributed by atoms with E-state index in [-0.39, 0.29) is 53.6 Å². The molecule has 0 atom stereocenters.